The lowest BCUT2D eigenvalue weighted by Crippen LogP contribution is -2.41. The molecule has 2 rings (SSSR count). The predicted octanol–water partition coefficient (Wildman–Crippen LogP) is 0.137. The van der Waals surface area contributed by atoms with Gasteiger partial charge in [0.1, 0.15) is 0 Å². The Bertz CT molecular complexity index is 457. The molecule has 0 spiro atoms. The Morgan fingerprint density at radius 2 is 2.10 bits per heavy atom. The van der Waals surface area contributed by atoms with Crippen LogP contribution in [0.15, 0.2) is 25.0 Å². The molecule has 2 N–H and O–H groups in total. The van der Waals surface area contributed by atoms with Crippen molar-refractivity contribution < 1.29 is 9.53 Å². The molecule has 1 aromatic heterocycles. The third kappa shape index (κ3) is 5.13. The first-order valence-corrected chi connectivity index (χ1v) is 7.04. The second-order valence-electron chi connectivity index (χ2n) is 4.67. The van der Waals surface area contributed by atoms with E-state index in [1.54, 1.807) is 6.08 Å². The summed E-state index contributed by atoms with van der Waals surface area (Å²) in [5.41, 5.74) is 0.459. The lowest BCUT2D eigenvalue weighted by Gasteiger charge is -2.26. The van der Waals surface area contributed by atoms with Crippen LogP contribution in [0.2, 0.25) is 0 Å². The van der Waals surface area contributed by atoms with Crippen molar-refractivity contribution in [2.45, 2.75) is 0 Å². The molecule has 0 aliphatic carbocycles. The molecule has 1 saturated heterocycles. The van der Waals surface area contributed by atoms with Gasteiger partial charge < -0.3 is 15.4 Å². The van der Waals surface area contributed by atoms with Crippen LogP contribution in [-0.2, 0) is 4.74 Å². The van der Waals surface area contributed by atoms with Gasteiger partial charge >= 0.3 is 0 Å². The van der Waals surface area contributed by atoms with Crippen LogP contribution in [-0.4, -0.2) is 66.7 Å². The van der Waals surface area contributed by atoms with E-state index in [-0.39, 0.29) is 5.91 Å². The Morgan fingerprint density at radius 3 is 2.76 bits per heavy atom. The van der Waals surface area contributed by atoms with Crippen LogP contribution in [0, 0.1) is 0 Å². The van der Waals surface area contributed by atoms with Gasteiger partial charge in [0.05, 0.1) is 18.8 Å². The maximum Gasteiger partial charge on any atom is 0.254 e. The second kappa shape index (κ2) is 8.33. The Balaban J connectivity index is 1.73. The van der Waals surface area contributed by atoms with E-state index in [9.17, 15) is 4.79 Å². The molecule has 1 aromatic rings. The van der Waals surface area contributed by atoms with Gasteiger partial charge in [-0.15, -0.1) is 6.58 Å². The topological polar surface area (TPSA) is 79.4 Å². The highest BCUT2D eigenvalue weighted by Crippen LogP contribution is 2.00. The Hall–Kier alpha value is -1.99. The summed E-state index contributed by atoms with van der Waals surface area (Å²) in [7, 11) is 0. The van der Waals surface area contributed by atoms with Crippen molar-refractivity contribution in [1.29, 1.82) is 0 Å². The van der Waals surface area contributed by atoms with E-state index in [1.807, 2.05) is 0 Å². The summed E-state index contributed by atoms with van der Waals surface area (Å²) in [6.07, 6.45) is 4.75. The Morgan fingerprint density at radius 1 is 1.38 bits per heavy atom. The number of aromatic nitrogens is 2. The number of rotatable bonds is 7. The van der Waals surface area contributed by atoms with Gasteiger partial charge in [0.2, 0.25) is 5.95 Å². The SMILES string of the molecule is C=CCNc1ncc(C(=O)NCCN2CCOCC2)cn1. The molecule has 7 nitrogen and oxygen atoms in total. The Kier molecular flexibility index (Phi) is 6.11. The third-order valence-electron chi connectivity index (χ3n) is 3.14. The highest BCUT2D eigenvalue weighted by molar-refractivity contribution is 5.93. The van der Waals surface area contributed by atoms with E-state index in [0.717, 1.165) is 32.8 Å². The minimum absolute atomic E-state index is 0.154. The molecular formula is C14H21N5O2. The summed E-state index contributed by atoms with van der Waals surface area (Å²) in [4.78, 5) is 22.4. The standard InChI is InChI=1S/C14H21N5O2/c1-2-3-16-14-17-10-12(11-18-14)13(20)15-4-5-19-6-8-21-9-7-19/h2,10-11H,1,3-9H2,(H,15,20)(H,16,17,18). The van der Waals surface area contributed by atoms with Crippen molar-refractivity contribution in [3.05, 3.63) is 30.6 Å². The van der Waals surface area contributed by atoms with Crippen molar-refractivity contribution in [1.82, 2.24) is 20.2 Å². The first-order valence-electron chi connectivity index (χ1n) is 7.04. The van der Waals surface area contributed by atoms with E-state index in [0.29, 0.717) is 24.6 Å². The molecule has 0 bridgehead atoms. The second-order valence-corrected chi connectivity index (χ2v) is 4.67. The van der Waals surface area contributed by atoms with Crippen LogP contribution >= 0.6 is 0 Å². The monoisotopic (exact) mass is 291 g/mol. The summed E-state index contributed by atoms with van der Waals surface area (Å²) in [6, 6.07) is 0. The third-order valence-corrected chi connectivity index (χ3v) is 3.14. The van der Waals surface area contributed by atoms with Gasteiger partial charge in [-0.05, 0) is 0 Å². The zero-order valence-electron chi connectivity index (χ0n) is 12.0. The minimum Gasteiger partial charge on any atom is -0.379 e. The maximum atomic E-state index is 11.9. The number of anilines is 1. The fraction of sp³-hybridized carbons (Fsp3) is 0.500. The zero-order valence-corrected chi connectivity index (χ0v) is 12.0. The predicted molar refractivity (Wildman–Crippen MR) is 80.3 cm³/mol. The molecule has 1 aliphatic rings. The summed E-state index contributed by atoms with van der Waals surface area (Å²) in [5.74, 6) is 0.332. The van der Waals surface area contributed by atoms with Crippen molar-refractivity contribution in [3.63, 3.8) is 0 Å². The summed E-state index contributed by atoms with van der Waals surface area (Å²) >= 11 is 0. The number of nitrogens with zero attached hydrogens (tertiary/aromatic N) is 3. The number of hydrogen-bond donors (Lipinski definition) is 2. The maximum absolute atomic E-state index is 11.9. The normalized spacial score (nSPS) is 15.4. The fourth-order valence-electron chi connectivity index (χ4n) is 1.95. The smallest absolute Gasteiger partial charge is 0.254 e. The molecular weight excluding hydrogens is 270 g/mol. The van der Waals surface area contributed by atoms with E-state index in [2.05, 4.69) is 32.1 Å². The Labute approximate surface area is 124 Å². The van der Waals surface area contributed by atoms with Crippen LogP contribution in [0.25, 0.3) is 0 Å². The molecule has 114 valence electrons. The largest absolute Gasteiger partial charge is 0.379 e. The molecule has 2 heterocycles. The molecule has 1 aliphatic heterocycles. The van der Waals surface area contributed by atoms with Crippen LogP contribution in [0.3, 0.4) is 0 Å². The highest BCUT2D eigenvalue weighted by atomic mass is 16.5. The van der Waals surface area contributed by atoms with E-state index >= 15 is 0 Å². The van der Waals surface area contributed by atoms with Gasteiger partial charge in [-0.3, -0.25) is 9.69 Å². The molecule has 0 radical (unpaired) electrons. The molecule has 0 unspecified atom stereocenters. The van der Waals surface area contributed by atoms with Crippen molar-refractivity contribution in [2.75, 3.05) is 51.3 Å². The molecule has 1 fully saturated rings. The van der Waals surface area contributed by atoms with Crippen molar-refractivity contribution >= 4 is 11.9 Å². The summed E-state index contributed by atoms with van der Waals surface area (Å²) in [6.45, 7) is 8.99. The number of carbonyl (C=O) groups is 1. The van der Waals surface area contributed by atoms with Crippen LogP contribution < -0.4 is 10.6 Å². The van der Waals surface area contributed by atoms with Gasteiger partial charge in [0.25, 0.3) is 5.91 Å². The van der Waals surface area contributed by atoms with Gasteiger partial charge in [0.15, 0.2) is 0 Å². The number of amides is 1. The lowest BCUT2D eigenvalue weighted by molar-refractivity contribution is 0.0383. The van der Waals surface area contributed by atoms with Gasteiger partial charge in [-0.2, -0.15) is 0 Å². The average Bonchev–Trinajstić information content (AvgIpc) is 2.54. The lowest BCUT2D eigenvalue weighted by atomic mass is 10.3. The first-order chi connectivity index (χ1) is 10.3. The van der Waals surface area contributed by atoms with Crippen LogP contribution in [0.1, 0.15) is 10.4 Å². The van der Waals surface area contributed by atoms with Gasteiger partial charge in [-0.25, -0.2) is 9.97 Å². The van der Waals surface area contributed by atoms with Crippen molar-refractivity contribution in [3.8, 4) is 0 Å². The minimum atomic E-state index is -0.154. The number of carbonyl (C=O) groups excluding carboxylic acids is 1. The van der Waals surface area contributed by atoms with Gasteiger partial charge in [-0.1, -0.05) is 6.08 Å². The molecule has 0 aromatic carbocycles. The summed E-state index contributed by atoms with van der Waals surface area (Å²) in [5, 5.41) is 5.83. The highest BCUT2D eigenvalue weighted by Gasteiger charge is 2.11. The molecule has 0 atom stereocenters. The molecule has 1 amide bonds. The number of hydrogen-bond acceptors (Lipinski definition) is 6. The van der Waals surface area contributed by atoms with Gasteiger partial charge in [0, 0.05) is 45.1 Å². The number of ether oxygens (including phenoxy) is 1. The van der Waals surface area contributed by atoms with E-state index < -0.39 is 0 Å². The molecule has 7 heteroatoms. The fourth-order valence-corrected chi connectivity index (χ4v) is 1.95. The molecule has 21 heavy (non-hydrogen) atoms. The van der Waals surface area contributed by atoms with Crippen LogP contribution in [0.4, 0.5) is 5.95 Å². The number of morpholine rings is 1. The quantitative estimate of drug-likeness (QED) is 0.696. The summed E-state index contributed by atoms with van der Waals surface area (Å²) < 4.78 is 5.28. The zero-order chi connectivity index (χ0) is 14.9. The average molecular weight is 291 g/mol. The van der Waals surface area contributed by atoms with Crippen molar-refractivity contribution in [2.24, 2.45) is 0 Å². The molecule has 0 saturated carbocycles. The van der Waals surface area contributed by atoms with Crippen LogP contribution in [0.5, 0.6) is 0 Å². The van der Waals surface area contributed by atoms with E-state index in [1.165, 1.54) is 12.4 Å². The number of nitrogens with one attached hydrogen (secondary N) is 2. The van der Waals surface area contributed by atoms with E-state index in [4.69, 9.17) is 4.74 Å². The first kappa shape index (κ1) is 15.4.